The minimum atomic E-state index is -0.351. The molecule has 1 aromatic carbocycles. The Bertz CT molecular complexity index is 917. The van der Waals surface area contributed by atoms with Gasteiger partial charge in [-0.15, -0.1) is 0 Å². The summed E-state index contributed by atoms with van der Waals surface area (Å²) in [4.78, 5) is 21.1. The summed E-state index contributed by atoms with van der Waals surface area (Å²) in [7, 11) is 0. The molecule has 0 bridgehead atoms. The number of nitrogens with zero attached hydrogens (tertiary/aromatic N) is 3. The first-order valence-electron chi connectivity index (χ1n) is 8.68. The fourth-order valence-corrected chi connectivity index (χ4v) is 3.59. The molecule has 1 saturated heterocycles. The summed E-state index contributed by atoms with van der Waals surface area (Å²) < 4.78 is 1.66. The normalized spacial score (nSPS) is 21.2. The van der Waals surface area contributed by atoms with Crippen LogP contribution in [0.15, 0.2) is 53.6 Å². The fraction of sp³-hybridized carbons (Fsp3) is 0.368. The number of aromatic amines is 1. The zero-order chi connectivity index (χ0) is 17.2. The second kappa shape index (κ2) is 6.82. The van der Waals surface area contributed by atoms with Gasteiger partial charge in [-0.25, -0.2) is 4.79 Å². The van der Waals surface area contributed by atoms with Gasteiger partial charge in [-0.2, -0.15) is 0 Å². The van der Waals surface area contributed by atoms with E-state index in [9.17, 15) is 9.90 Å². The molecule has 2 N–H and O–H groups in total. The zero-order valence-electron chi connectivity index (χ0n) is 14.0. The van der Waals surface area contributed by atoms with E-state index >= 15 is 0 Å². The predicted octanol–water partition coefficient (Wildman–Crippen LogP) is 1.26. The first-order chi connectivity index (χ1) is 12.2. The molecule has 3 aromatic rings. The quantitative estimate of drug-likeness (QED) is 0.734. The molecule has 6 nitrogen and oxygen atoms in total. The molecule has 2 atom stereocenters. The Balaban J connectivity index is 1.39. The Morgan fingerprint density at radius 3 is 2.88 bits per heavy atom. The van der Waals surface area contributed by atoms with Crippen LogP contribution in [0.4, 0.5) is 0 Å². The molecule has 1 fully saturated rings. The number of likely N-dealkylation sites (tertiary alicyclic amines) is 1. The number of benzene rings is 1. The van der Waals surface area contributed by atoms with Gasteiger partial charge in [0, 0.05) is 55.6 Å². The number of β-amino-alcohol motifs (C(OH)–C–C–N with tert-alkyl or cyclic N) is 1. The standard InChI is InChI=1S/C19H22N4O2/c24-18-13-22(9-10-23-8-7-20-19(23)25)12-15(18)11-16-6-5-14-3-1-2-4-17(14)21-16/h1-8,15,18,24H,9-13H2,(H,20,25)/t15-,18-/m1/s1. The number of imidazole rings is 1. The van der Waals surface area contributed by atoms with Crippen LogP contribution in [-0.2, 0) is 13.0 Å². The number of aliphatic hydroxyl groups is 1. The molecule has 0 saturated carbocycles. The second-order valence-electron chi connectivity index (χ2n) is 6.75. The summed E-state index contributed by atoms with van der Waals surface area (Å²) in [5.74, 6) is 0.177. The molecular weight excluding hydrogens is 316 g/mol. The van der Waals surface area contributed by atoms with Crippen LogP contribution in [0.3, 0.4) is 0 Å². The molecule has 0 aliphatic carbocycles. The van der Waals surface area contributed by atoms with E-state index in [1.807, 2.05) is 18.2 Å². The van der Waals surface area contributed by atoms with Crippen molar-refractivity contribution in [2.75, 3.05) is 19.6 Å². The van der Waals surface area contributed by atoms with Gasteiger partial charge in [0.25, 0.3) is 0 Å². The number of fused-ring (bicyclic) bond motifs is 1. The molecule has 130 valence electrons. The molecule has 1 aliphatic rings. The first kappa shape index (κ1) is 16.1. The number of para-hydroxylation sites is 1. The van der Waals surface area contributed by atoms with Crippen LogP contribution < -0.4 is 5.69 Å². The van der Waals surface area contributed by atoms with Gasteiger partial charge in [-0.1, -0.05) is 24.3 Å². The molecule has 4 rings (SSSR count). The lowest BCUT2D eigenvalue weighted by molar-refractivity contribution is 0.141. The maximum absolute atomic E-state index is 11.5. The average molecular weight is 338 g/mol. The van der Waals surface area contributed by atoms with Crippen molar-refractivity contribution in [3.05, 3.63) is 65.0 Å². The van der Waals surface area contributed by atoms with E-state index in [4.69, 9.17) is 4.98 Å². The van der Waals surface area contributed by atoms with Gasteiger partial charge in [0.05, 0.1) is 11.6 Å². The Morgan fingerprint density at radius 2 is 2.04 bits per heavy atom. The van der Waals surface area contributed by atoms with E-state index in [0.717, 1.165) is 36.1 Å². The summed E-state index contributed by atoms with van der Waals surface area (Å²) in [6, 6.07) is 12.2. The average Bonchev–Trinajstić information content (AvgIpc) is 3.18. The summed E-state index contributed by atoms with van der Waals surface area (Å²) in [5, 5.41) is 11.5. The van der Waals surface area contributed by atoms with Crippen LogP contribution in [0.25, 0.3) is 10.9 Å². The highest BCUT2D eigenvalue weighted by molar-refractivity contribution is 5.78. The van der Waals surface area contributed by atoms with Gasteiger partial charge >= 0.3 is 5.69 Å². The van der Waals surface area contributed by atoms with E-state index in [1.54, 1.807) is 17.0 Å². The lowest BCUT2D eigenvalue weighted by atomic mass is 9.99. The molecule has 0 spiro atoms. The summed E-state index contributed by atoms with van der Waals surface area (Å²) in [5.41, 5.74) is 1.93. The second-order valence-corrected chi connectivity index (χ2v) is 6.75. The third-order valence-electron chi connectivity index (χ3n) is 4.99. The number of aromatic nitrogens is 3. The topological polar surface area (TPSA) is 74.2 Å². The Morgan fingerprint density at radius 1 is 1.16 bits per heavy atom. The monoisotopic (exact) mass is 338 g/mol. The van der Waals surface area contributed by atoms with Crippen LogP contribution in [0.1, 0.15) is 5.69 Å². The molecular formula is C19H22N4O2. The Kier molecular flexibility index (Phi) is 4.38. The molecule has 0 amide bonds. The third kappa shape index (κ3) is 3.50. The number of aliphatic hydroxyl groups excluding tert-OH is 1. The van der Waals surface area contributed by atoms with Gasteiger partial charge in [-0.05, 0) is 18.6 Å². The van der Waals surface area contributed by atoms with Gasteiger partial charge in [0.2, 0.25) is 0 Å². The SMILES string of the molecule is O=c1[nH]ccn1CCN1C[C@@H](Cc2ccc3ccccc3n2)[C@H](O)C1. The molecule has 0 radical (unpaired) electrons. The maximum atomic E-state index is 11.5. The zero-order valence-corrected chi connectivity index (χ0v) is 14.0. The van der Waals surface area contributed by atoms with E-state index in [1.165, 1.54) is 0 Å². The first-order valence-corrected chi connectivity index (χ1v) is 8.68. The highest BCUT2D eigenvalue weighted by Gasteiger charge is 2.31. The van der Waals surface area contributed by atoms with Crippen LogP contribution in [-0.4, -0.2) is 50.3 Å². The Hall–Kier alpha value is -2.44. The number of hydrogen-bond acceptors (Lipinski definition) is 4. The smallest absolute Gasteiger partial charge is 0.325 e. The van der Waals surface area contributed by atoms with Crippen molar-refractivity contribution < 1.29 is 5.11 Å². The highest BCUT2D eigenvalue weighted by atomic mass is 16.3. The lowest BCUT2D eigenvalue weighted by Gasteiger charge is -2.15. The van der Waals surface area contributed by atoms with Gasteiger partial charge in [0.15, 0.2) is 0 Å². The number of hydrogen-bond donors (Lipinski definition) is 2. The predicted molar refractivity (Wildman–Crippen MR) is 96.4 cm³/mol. The van der Waals surface area contributed by atoms with Crippen LogP contribution in [0, 0.1) is 5.92 Å². The van der Waals surface area contributed by atoms with Crippen molar-refractivity contribution in [3.8, 4) is 0 Å². The largest absolute Gasteiger partial charge is 0.391 e. The van der Waals surface area contributed by atoms with Crippen LogP contribution >= 0.6 is 0 Å². The molecule has 6 heteroatoms. The van der Waals surface area contributed by atoms with Gasteiger partial charge in [-0.3, -0.25) is 14.5 Å². The van der Waals surface area contributed by atoms with E-state index in [-0.39, 0.29) is 17.7 Å². The fourth-order valence-electron chi connectivity index (χ4n) is 3.59. The van der Waals surface area contributed by atoms with Crippen LogP contribution in [0.2, 0.25) is 0 Å². The lowest BCUT2D eigenvalue weighted by Crippen LogP contribution is -2.29. The third-order valence-corrected chi connectivity index (χ3v) is 4.99. The molecule has 2 aromatic heterocycles. The van der Waals surface area contributed by atoms with Crippen molar-refractivity contribution in [1.82, 2.24) is 19.4 Å². The minimum Gasteiger partial charge on any atom is -0.391 e. The molecule has 3 heterocycles. The van der Waals surface area contributed by atoms with Gasteiger partial charge < -0.3 is 10.1 Å². The van der Waals surface area contributed by atoms with Crippen molar-refractivity contribution in [2.45, 2.75) is 19.1 Å². The Labute approximate surface area is 145 Å². The summed E-state index contributed by atoms with van der Waals surface area (Å²) in [6.07, 6.45) is 3.82. The van der Waals surface area contributed by atoms with Gasteiger partial charge in [0.1, 0.15) is 0 Å². The van der Waals surface area contributed by atoms with E-state index in [2.05, 4.69) is 28.1 Å². The van der Waals surface area contributed by atoms with Crippen molar-refractivity contribution in [2.24, 2.45) is 5.92 Å². The van der Waals surface area contributed by atoms with E-state index < -0.39 is 0 Å². The number of rotatable bonds is 5. The summed E-state index contributed by atoms with van der Waals surface area (Å²) >= 11 is 0. The van der Waals surface area contributed by atoms with Crippen molar-refractivity contribution in [3.63, 3.8) is 0 Å². The number of nitrogens with one attached hydrogen (secondary N) is 1. The maximum Gasteiger partial charge on any atom is 0.325 e. The van der Waals surface area contributed by atoms with Crippen molar-refractivity contribution >= 4 is 10.9 Å². The number of H-pyrrole nitrogens is 1. The molecule has 25 heavy (non-hydrogen) atoms. The minimum absolute atomic E-state index is 0.0864. The molecule has 0 unspecified atom stereocenters. The highest BCUT2D eigenvalue weighted by Crippen LogP contribution is 2.22. The molecule has 1 aliphatic heterocycles. The summed E-state index contributed by atoms with van der Waals surface area (Å²) in [6.45, 7) is 2.87. The van der Waals surface area contributed by atoms with Crippen LogP contribution in [0.5, 0.6) is 0 Å². The van der Waals surface area contributed by atoms with E-state index in [0.29, 0.717) is 13.1 Å². The van der Waals surface area contributed by atoms with Crippen molar-refractivity contribution in [1.29, 1.82) is 0 Å². The number of pyridine rings is 1.